The lowest BCUT2D eigenvalue weighted by molar-refractivity contribution is 0.876. The molecule has 0 radical (unpaired) electrons. The van der Waals surface area contributed by atoms with Gasteiger partial charge in [-0.05, 0) is 12.0 Å². The molecule has 0 bridgehead atoms. The lowest BCUT2D eigenvalue weighted by atomic mass is 10.1. The van der Waals surface area contributed by atoms with Crippen molar-refractivity contribution in [2.75, 3.05) is 0 Å². The predicted molar refractivity (Wildman–Crippen MR) is 77.9 cm³/mol. The second-order valence-electron chi connectivity index (χ2n) is 4.46. The Labute approximate surface area is 117 Å². The topological polar surface area (TPSA) is 51.6 Å². The first-order chi connectivity index (χ1) is 9.86. The van der Waals surface area contributed by atoms with Crippen LogP contribution in [-0.4, -0.2) is 20.4 Å². The summed E-state index contributed by atoms with van der Waals surface area (Å²) in [6.45, 7) is 2.13. The molecule has 0 saturated carbocycles. The van der Waals surface area contributed by atoms with Gasteiger partial charge in [0.15, 0.2) is 0 Å². The number of nitrogens with zero attached hydrogens (tertiary/aromatic N) is 4. The van der Waals surface area contributed by atoms with Crippen molar-refractivity contribution in [1.82, 2.24) is 20.4 Å². The molecule has 0 aliphatic rings. The number of hydrogen-bond donors (Lipinski definition) is 0. The van der Waals surface area contributed by atoms with Crippen LogP contribution in [0.5, 0.6) is 0 Å². The summed E-state index contributed by atoms with van der Waals surface area (Å²) >= 11 is 0. The van der Waals surface area contributed by atoms with Crippen LogP contribution >= 0.6 is 0 Å². The molecule has 4 nitrogen and oxygen atoms in total. The molecule has 3 aromatic rings. The molecule has 0 unspecified atom stereocenters. The number of aryl methyl sites for hydroxylation is 1. The standard InChI is InChI=1S/C16H14N4/c1-2-12-8-10-14(11-9-12)16-19-17-15(18-20-16)13-6-4-3-5-7-13/h3-11H,2H2,1H3. The second kappa shape index (κ2) is 5.57. The first kappa shape index (κ1) is 12.4. The maximum absolute atomic E-state index is 4.16. The first-order valence-corrected chi connectivity index (χ1v) is 6.59. The molecule has 0 fully saturated rings. The zero-order valence-corrected chi connectivity index (χ0v) is 11.2. The molecule has 98 valence electrons. The number of aromatic nitrogens is 4. The largest absolute Gasteiger partial charge is 0.203 e. The van der Waals surface area contributed by atoms with E-state index >= 15 is 0 Å². The lowest BCUT2D eigenvalue weighted by Crippen LogP contribution is -1.99. The summed E-state index contributed by atoms with van der Waals surface area (Å²) < 4.78 is 0. The molecule has 1 aromatic heterocycles. The Morgan fingerprint density at radius 1 is 0.650 bits per heavy atom. The number of benzene rings is 2. The third-order valence-corrected chi connectivity index (χ3v) is 3.13. The van der Waals surface area contributed by atoms with Crippen LogP contribution in [0.25, 0.3) is 22.8 Å². The SMILES string of the molecule is CCc1ccc(-c2nnc(-c3ccccc3)nn2)cc1. The fourth-order valence-corrected chi connectivity index (χ4v) is 1.94. The molecule has 0 atom stereocenters. The number of hydrogen-bond acceptors (Lipinski definition) is 4. The molecule has 0 N–H and O–H groups in total. The van der Waals surface area contributed by atoms with Gasteiger partial charge < -0.3 is 0 Å². The first-order valence-electron chi connectivity index (χ1n) is 6.59. The van der Waals surface area contributed by atoms with Gasteiger partial charge in [0.1, 0.15) is 0 Å². The molecule has 0 amide bonds. The summed E-state index contributed by atoms with van der Waals surface area (Å²) in [6, 6.07) is 17.9. The molecular weight excluding hydrogens is 248 g/mol. The monoisotopic (exact) mass is 262 g/mol. The van der Waals surface area contributed by atoms with Crippen molar-refractivity contribution in [3.63, 3.8) is 0 Å². The van der Waals surface area contributed by atoms with Crippen LogP contribution in [0, 0.1) is 0 Å². The van der Waals surface area contributed by atoms with E-state index in [9.17, 15) is 0 Å². The van der Waals surface area contributed by atoms with Gasteiger partial charge in [-0.25, -0.2) is 0 Å². The van der Waals surface area contributed by atoms with E-state index in [-0.39, 0.29) is 0 Å². The molecule has 0 aliphatic heterocycles. The number of rotatable bonds is 3. The summed E-state index contributed by atoms with van der Waals surface area (Å²) in [5.74, 6) is 1.09. The van der Waals surface area contributed by atoms with Crippen molar-refractivity contribution in [3.05, 3.63) is 60.2 Å². The Balaban J connectivity index is 1.89. The second-order valence-corrected chi connectivity index (χ2v) is 4.46. The Bertz CT molecular complexity index is 676. The van der Waals surface area contributed by atoms with Crippen LogP contribution in [0.1, 0.15) is 12.5 Å². The van der Waals surface area contributed by atoms with Crippen molar-refractivity contribution in [1.29, 1.82) is 0 Å². The molecule has 0 saturated heterocycles. The highest BCUT2D eigenvalue weighted by molar-refractivity contribution is 5.56. The van der Waals surface area contributed by atoms with Crippen LogP contribution in [-0.2, 0) is 6.42 Å². The van der Waals surface area contributed by atoms with E-state index in [4.69, 9.17) is 0 Å². The molecule has 2 aromatic carbocycles. The average Bonchev–Trinajstić information content (AvgIpc) is 2.56. The highest BCUT2D eigenvalue weighted by atomic mass is 15.3. The van der Waals surface area contributed by atoms with Crippen molar-refractivity contribution in [2.45, 2.75) is 13.3 Å². The van der Waals surface area contributed by atoms with E-state index in [2.05, 4.69) is 39.5 Å². The van der Waals surface area contributed by atoms with E-state index in [1.807, 2.05) is 42.5 Å². The molecule has 20 heavy (non-hydrogen) atoms. The van der Waals surface area contributed by atoms with E-state index in [0.29, 0.717) is 11.6 Å². The lowest BCUT2D eigenvalue weighted by Gasteiger charge is -2.01. The van der Waals surface area contributed by atoms with Gasteiger partial charge in [-0.15, -0.1) is 20.4 Å². The molecule has 4 heteroatoms. The highest BCUT2D eigenvalue weighted by Gasteiger charge is 2.05. The highest BCUT2D eigenvalue weighted by Crippen LogP contribution is 2.16. The van der Waals surface area contributed by atoms with Crippen molar-refractivity contribution in [3.8, 4) is 22.8 Å². The van der Waals surface area contributed by atoms with E-state index < -0.39 is 0 Å². The molecule has 1 heterocycles. The Morgan fingerprint density at radius 2 is 1.15 bits per heavy atom. The smallest absolute Gasteiger partial charge is 0.126 e. The molecule has 0 aliphatic carbocycles. The van der Waals surface area contributed by atoms with Crippen molar-refractivity contribution < 1.29 is 0 Å². The Kier molecular flexibility index (Phi) is 3.46. The van der Waals surface area contributed by atoms with Crippen molar-refractivity contribution in [2.24, 2.45) is 0 Å². The maximum atomic E-state index is 4.16. The van der Waals surface area contributed by atoms with Gasteiger partial charge >= 0.3 is 0 Å². The zero-order valence-electron chi connectivity index (χ0n) is 11.2. The van der Waals surface area contributed by atoms with Gasteiger partial charge in [-0.1, -0.05) is 61.5 Å². The minimum absolute atomic E-state index is 0.541. The molecule has 0 spiro atoms. The molecular formula is C16H14N4. The minimum atomic E-state index is 0.541. The van der Waals surface area contributed by atoms with Crippen LogP contribution in [0.15, 0.2) is 54.6 Å². The Hall–Kier alpha value is -2.62. The van der Waals surface area contributed by atoms with Gasteiger partial charge in [-0.3, -0.25) is 0 Å². The summed E-state index contributed by atoms with van der Waals surface area (Å²) in [5.41, 5.74) is 3.14. The summed E-state index contributed by atoms with van der Waals surface area (Å²) in [4.78, 5) is 0. The third kappa shape index (κ3) is 2.54. The van der Waals surface area contributed by atoms with Crippen LogP contribution < -0.4 is 0 Å². The van der Waals surface area contributed by atoms with E-state index in [0.717, 1.165) is 17.5 Å². The van der Waals surface area contributed by atoms with Gasteiger partial charge in [0.2, 0.25) is 11.6 Å². The van der Waals surface area contributed by atoms with E-state index in [1.54, 1.807) is 0 Å². The Morgan fingerprint density at radius 3 is 1.65 bits per heavy atom. The minimum Gasteiger partial charge on any atom is -0.126 e. The summed E-state index contributed by atoms with van der Waals surface area (Å²) in [5, 5.41) is 16.6. The fourth-order valence-electron chi connectivity index (χ4n) is 1.94. The quantitative estimate of drug-likeness (QED) is 0.727. The maximum Gasteiger partial charge on any atom is 0.203 e. The average molecular weight is 262 g/mol. The van der Waals surface area contributed by atoms with Crippen molar-refractivity contribution >= 4 is 0 Å². The van der Waals surface area contributed by atoms with Crippen LogP contribution in [0.4, 0.5) is 0 Å². The van der Waals surface area contributed by atoms with Gasteiger partial charge in [0, 0.05) is 11.1 Å². The third-order valence-electron chi connectivity index (χ3n) is 3.13. The van der Waals surface area contributed by atoms with Gasteiger partial charge in [-0.2, -0.15) is 0 Å². The van der Waals surface area contributed by atoms with E-state index in [1.165, 1.54) is 5.56 Å². The zero-order chi connectivity index (χ0) is 13.8. The predicted octanol–water partition coefficient (Wildman–Crippen LogP) is 3.16. The molecule has 3 rings (SSSR count). The normalized spacial score (nSPS) is 10.4. The van der Waals surface area contributed by atoms with Gasteiger partial charge in [0.25, 0.3) is 0 Å². The van der Waals surface area contributed by atoms with Crippen LogP contribution in [0.2, 0.25) is 0 Å². The van der Waals surface area contributed by atoms with Gasteiger partial charge in [0.05, 0.1) is 0 Å². The fraction of sp³-hybridized carbons (Fsp3) is 0.125. The summed E-state index contributed by atoms with van der Waals surface area (Å²) in [6.07, 6.45) is 1.02. The summed E-state index contributed by atoms with van der Waals surface area (Å²) in [7, 11) is 0. The van der Waals surface area contributed by atoms with Crippen LogP contribution in [0.3, 0.4) is 0 Å².